The third-order valence-electron chi connectivity index (χ3n) is 3.02. The molecule has 0 aromatic heterocycles. The second-order valence-corrected chi connectivity index (χ2v) is 4.38. The molecule has 0 spiro atoms. The minimum atomic E-state index is -0.897. The first kappa shape index (κ1) is 13.7. The van der Waals surface area contributed by atoms with E-state index in [0.717, 1.165) is 25.6 Å². The van der Waals surface area contributed by atoms with E-state index >= 15 is 0 Å². The molecule has 1 aromatic carbocycles. The Hall–Kier alpha value is -1.32. The fourth-order valence-electron chi connectivity index (χ4n) is 1.73. The van der Waals surface area contributed by atoms with Crippen molar-refractivity contribution in [3.63, 3.8) is 0 Å². The quantitative estimate of drug-likeness (QED) is 0.802. The Labute approximate surface area is 101 Å². The molecule has 96 valence electrons. The molecule has 0 bridgehead atoms. The van der Waals surface area contributed by atoms with E-state index in [2.05, 4.69) is 13.8 Å². The van der Waals surface area contributed by atoms with E-state index < -0.39 is 11.6 Å². The monoisotopic (exact) mass is 242 g/mol. The van der Waals surface area contributed by atoms with Gasteiger partial charge in [0.1, 0.15) is 0 Å². The Kier molecular flexibility index (Phi) is 4.73. The summed E-state index contributed by atoms with van der Waals surface area (Å²) >= 11 is 0. The van der Waals surface area contributed by atoms with Crippen molar-refractivity contribution < 1.29 is 8.78 Å². The fourth-order valence-corrected chi connectivity index (χ4v) is 1.73. The number of benzene rings is 1. The number of nitrogens with two attached hydrogens (primary N) is 1. The van der Waals surface area contributed by atoms with Gasteiger partial charge in [-0.1, -0.05) is 20.3 Å². The van der Waals surface area contributed by atoms with E-state index in [4.69, 9.17) is 5.73 Å². The summed E-state index contributed by atoms with van der Waals surface area (Å²) < 4.78 is 26.2. The Morgan fingerprint density at radius 1 is 1.24 bits per heavy atom. The number of hydrogen-bond acceptors (Lipinski definition) is 2. The van der Waals surface area contributed by atoms with Gasteiger partial charge in [-0.25, -0.2) is 8.78 Å². The van der Waals surface area contributed by atoms with Gasteiger partial charge in [0, 0.05) is 25.2 Å². The maximum atomic E-state index is 13.2. The molecule has 0 saturated carbocycles. The molecule has 0 heterocycles. The maximum Gasteiger partial charge on any atom is 0.161 e. The van der Waals surface area contributed by atoms with Gasteiger partial charge in [0.15, 0.2) is 11.6 Å². The first-order valence-corrected chi connectivity index (χ1v) is 5.99. The predicted octanol–water partition coefficient (Wildman–Crippen LogP) is 3.42. The first-order valence-electron chi connectivity index (χ1n) is 5.99. The zero-order valence-corrected chi connectivity index (χ0v) is 10.6. The van der Waals surface area contributed by atoms with Crippen molar-refractivity contribution in [2.24, 2.45) is 5.92 Å². The van der Waals surface area contributed by atoms with Crippen LogP contribution in [0.25, 0.3) is 0 Å². The van der Waals surface area contributed by atoms with Crippen LogP contribution in [0.5, 0.6) is 0 Å². The van der Waals surface area contributed by atoms with E-state index in [1.54, 1.807) is 0 Å². The number of halogens is 2. The van der Waals surface area contributed by atoms with E-state index in [1.165, 1.54) is 6.07 Å². The smallest absolute Gasteiger partial charge is 0.161 e. The molecular formula is C13H20F2N2. The van der Waals surface area contributed by atoms with Crippen LogP contribution in [0.1, 0.15) is 27.2 Å². The molecule has 0 aliphatic carbocycles. The van der Waals surface area contributed by atoms with Gasteiger partial charge >= 0.3 is 0 Å². The van der Waals surface area contributed by atoms with Gasteiger partial charge in [-0.3, -0.25) is 0 Å². The molecule has 1 unspecified atom stereocenters. The molecule has 0 radical (unpaired) electrons. The van der Waals surface area contributed by atoms with Gasteiger partial charge in [-0.05, 0) is 12.8 Å². The van der Waals surface area contributed by atoms with Crippen molar-refractivity contribution in [2.45, 2.75) is 27.2 Å². The zero-order chi connectivity index (χ0) is 13.0. The first-order chi connectivity index (χ1) is 7.99. The van der Waals surface area contributed by atoms with Crippen LogP contribution in [0, 0.1) is 17.6 Å². The Balaban J connectivity index is 2.99. The summed E-state index contributed by atoms with van der Waals surface area (Å²) in [5.41, 5.74) is 6.60. The molecule has 2 N–H and O–H groups in total. The number of hydrogen-bond donors (Lipinski definition) is 1. The van der Waals surface area contributed by atoms with Crippen molar-refractivity contribution in [1.82, 2.24) is 0 Å². The van der Waals surface area contributed by atoms with Gasteiger partial charge < -0.3 is 10.6 Å². The fraction of sp³-hybridized carbons (Fsp3) is 0.538. The van der Waals surface area contributed by atoms with E-state index in [9.17, 15) is 8.78 Å². The summed E-state index contributed by atoms with van der Waals surface area (Å²) in [6.45, 7) is 7.72. The topological polar surface area (TPSA) is 29.3 Å². The number of nitrogen functional groups attached to an aromatic ring is 1. The zero-order valence-electron chi connectivity index (χ0n) is 10.6. The van der Waals surface area contributed by atoms with Gasteiger partial charge in [0.25, 0.3) is 0 Å². The lowest BCUT2D eigenvalue weighted by molar-refractivity contribution is 0.507. The van der Waals surface area contributed by atoms with Crippen LogP contribution in [0.3, 0.4) is 0 Å². The van der Waals surface area contributed by atoms with Crippen LogP contribution in [-0.4, -0.2) is 13.1 Å². The van der Waals surface area contributed by atoms with Crippen molar-refractivity contribution in [1.29, 1.82) is 0 Å². The van der Waals surface area contributed by atoms with E-state index in [1.807, 2.05) is 11.8 Å². The Bertz CT molecular complexity index is 380. The van der Waals surface area contributed by atoms with Crippen LogP contribution in [-0.2, 0) is 0 Å². The van der Waals surface area contributed by atoms with Crippen LogP contribution in [0.2, 0.25) is 0 Å². The summed E-state index contributed by atoms with van der Waals surface area (Å²) in [6, 6.07) is 2.22. The Morgan fingerprint density at radius 2 is 1.82 bits per heavy atom. The van der Waals surface area contributed by atoms with Crippen molar-refractivity contribution >= 4 is 11.4 Å². The van der Waals surface area contributed by atoms with E-state index in [-0.39, 0.29) is 5.69 Å². The molecular weight excluding hydrogens is 222 g/mol. The molecule has 2 nitrogen and oxygen atoms in total. The lowest BCUT2D eigenvalue weighted by atomic mass is 10.1. The molecule has 1 aromatic rings. The minimum absolute atomic E-state index is 0.286. The molecule has 17 heavy (non-hydrogen) atoms. The molecule has 0 aliphatic rings. The molecule has 0 saturated heterocycles. The third kappa shape index (κ3) is 3.32. The number of rotatable bonds is 5. The summed E-state index contributed by atoms with van der Waals surface area (Å²) in [7, 11) is 0. The molecule has 4 heteroatoms. The SMILES string of the molecule is CCC(C)CN(CC)c1cc(F)c(F)cc1N. The lowest BCUT2D eigenvalue weighted by Crippen LogP contribution is -2.29. The van der Waals surface area contributed by atoms with Gasteiger partial charge in [0.2, 0.25) is 0 Å². The molecule has 1 atom stereocenters. The largest absolute Gasteiger partial charge is 0.397 e. The molecule has 1 rings (SSSR count). The summed E-state index contributed by atoms with van der Waals surface area (Å²) in [4.78, 5) is 1.98. The average Bonchev–Trinajstić information content (AvgIpc) is 2.30. The van der Waals surface area contributed by atoms with Crippen LogP contribution >= 0.6 is 0 Å². The van der Waals surface area contributed by atoms with Crippen molar-refractivity contribution in [2.75, 3.05) is 23.7 Å². The molecule has 0 fully saturated rings. The lowest BCUT2D eigenvalue weighted by Gasteiger charge is -2.27. The van der Waals surface area contributed by atoms with E-state index in [0.29, 0.717) is 11.6 Å². The highest BCUT2D eigenvalue weighted by Gasteiger charge is 2.14. The second kappa shape index (κ2) is 5.84. The highest BCUT2D eigenvalue weighted by Crippen LogP contribution is 2.27. The third-order valence-corrected chi connectivity index (χ3v) is 3.02. The predicted molar refractivity (Wildman–Crippen MR) is 68.1 cm³/mol. The summed E-state index contributed by atoms with van der Waals surface area (Å²) in [5, 5.41) is 0. The van der Waals surface area contributed by atoms with Crippen molar-refractivity contribution in [3.05, 3.63) is 23.8 Å². The highest BCUT2D eigenvalue weighted by atomic mass is 19.2. The minimum Gasteiger partial charge on any atom is -0.397 e. The average molecular weight is 242 g/mol. The van der Waals surface area contributed by atoms with Crippen LogP contribution in [0.4, 0.5) is 20.2 Å². The van der Waals surface area contributed by atoms with Gasteiger partial charge in [-0.15, -0.1) is 0 Å². The number of nitrogens with zero attached hydrogens (tertiary/aromatic N) is 1. The molecule has 0 amide bonds. The molecule has 0 aliphatic heterocycles. The standard InChI is InChI=1S/C13H20F2N2/c1-4-9(3)8-17(5-2)13-7-11(15)10(14)6-12(13)16/h6-7,9H,4-5,8,16H2,1-3H3. The van der Waals surface area contributed by atoms with Crippen LogP contribution < -0.4 is 10.6 Å². The highest BCUT2D eigenvalue weighted by molar-refractivity contribution is 5.67. The van der Waals surface area contributed by atoms with Gasteiger partial charge in [-0.2, -0.15) is 0 Å². The summed E-state index contributed by atoms with van der Waals surface area (Å²) in [6.07, 6.45) is 1.04. The second-order valence-electron chi connectivity index (χ2n) is 4.38. The van der Waals surface area contributed by atoms with Crippen LogP contribution in [0.15, 0.2) is 12.1 Å². The normalized spacial score (nSPS) is 12.5. The van der Waals surface area contributed by atoms with Gasteiger partial charge in [0.05, 0.1) is 11.4 Å². The summed E-state index contributed by atoms with van der Waals surface area (Å²) in [5.74, 6) is -1.26. The van der Waals surface area contributed by atoms with Crippen molar-refractivity contribution in [3.8, 4) is 0 Å². The maximum absolute atomic E-state index is 13.2. The number of anilines is 2. The Morgan fingerprint density at radius 3 is 2.35 bits per heavy atom.